The first-order valence-corrected chi connectivity index (χ1v) is 8.43. The van der Waals surface area contributed by atoms with Crippen molar-refractivity contribution in [1.29, 1.82) is 0 Å². The monoisotopic (exact) mass is 304 g/mol. The van der Waals surface area contributed by atoms with Crippen LogP contribution in [0, 0.1) is 5.82 Å². The molecule has 0 radical (unpaired) electrons. The summed E-state index contributed by atoms with van der Waals surface area (Å²) in [5.74, 6) is -0.0689. The average Bonchev–Trinajstić information content (AvgIpc) is 2.55. The molecule has 0 bridgehead atoms. The van der Waals surface area contributed by atoms with E-state index >= 15 is 0 Å². The van der Waals surface area contributed by atoms with E-state index in [-0.39, 0.29) is 17.8 Å². The molecule has 0 unspecified atom stereocenters. The molecule has 1 saturated heterocycles. The molecule has 2 aliphatic rings. The molecule has 4 heteroatoms. The summed E-state index contributed by atoms with van der Waals surface area (Å²) >= 11 is 0. The Morgan fingerprint density at radius 3 is 2.50 bits per heavy atom. The lowest BCUT2D eigenvalue weighted by Crippen LogP contribution is -2.52. The van der Waals surface area contributed by atoms with Gasteiger partial charge in [-0.1, -0.05) is 31.4 Å². The molecule has 1 aromatic rings. The molecule has 3 nitrogen and oxygen atoms in total. The van der Waals surface area contributed by atoms with Gasteiger partial charge in [-0.3, -0.25) is 4.79 Å². The van der Waals surface area contributed by atoms with E-state index in [0.717, 1.165) is 63.6 Å². The predicted molar refractivity (Wildman–Crippen MR) is 85.0 cm³/mol. The molecule has 22 heavy (non-hydrogen) atoms. The number of halogens is 1. The summed E-state index contributed by atoms with van der Waals surface area (Å²) in [6, 6.07) is 6.85. The molecule has 1 saturated carbocycles. The van der Waals surface area contributed by atoms with Crippen LogP contribution < -0.4 is 5.73 Å². The quantitative estimate of drug-likeness (QED) is 0.913. The third-order valence-corrected chi connectivity index (χ3v) is 5.32. The zero-order chi connectivity index (χ0) is 15.6. The molecule has 1 aromatic carbocycles. The van der Waals surface area contributed by atoms with E-state index in [1.165, 1.54) is 6.07 Å². The van der Waals surface area contributed by atoms with E-state index in [1.807, 2.05) is 11.0 Å². The number of nitrogens with zero attached hydrogens (tertiary/aromatic N) is 1. The molecule has 0 aromatic heterocycles. The van der Waals surface area contributed by atoms with Gasteiger partial charge in [-0.2, -0.15) is 0 Å². The van der Waals surface area contributed by atoms with Crippen molar-refractivity contribution in [3.63, 3.8) is 0 Å². The Balaban J connectivity index is 1.90. The van der Waals surface area contributed by atoms with E-state index in [4.69, 9.17) is 5.73 Å². The maximum atomic E-state index is 13.7. The fourth-order valence-electron chi connectivity index (χ4n) is 3.97. The minimum Gasteiger partial charge on any atom is -0.342 e. The van der Waals surface area contributed by atoms with Crippen molar-refractivity contribution in [2.45, 2.75) is 56.4 Å². The third-order valence-electron chi connectivity index (χ3n) is 5.32. The fourth-order valence-corrected chi connectivity index (χ4v) is 3.97. The van der Waals surface area contributed by atoms with Crippen LogP contribution in [0.25, 0.3) is 0 Å². The highest BCUT2D eigenvalue weighted by atomic mass is 19.1. The summed E-state index contributed by atoms with van der Waals surface area (Å²) in [4.78, 5) is 15.2. The van der Waals surface area contributed by atoms with Gasteiger partial charge in [0.2, 0.25) is 5.91 Å². The molecule has 1 aliphatic heterocycles. The maximum absolute atomic E-state index is 13.7. The van der Waals surface area contributed by atoms with Gasteiger partial charge in [-0.25, -0.2) is 4.39 Å². The number of carbonyl (C=O) groups excluding carboxylic acids is 1. The highest BCUT2D eigenvalue weighted by molar-refractivity contribution is 5.88. The van der Waals surface area contributed by atoms with Gasteiger partial charge >= 0.3 is 0 Å². The first-order chi connectivity index (χ1) is 10.6. The van der Waals surface area contributed by atoms with Crippen LogP contribution in [-0.4, -0.2) is 29.9 Å². The van der Waals surface area contributed by atoms with Crippen LogP contribution in [-0.2, 0) is 10.2 Å². The Morgan fingerprint density at radius 1 is 1.18 bits per heavy atom. The number of amides is 1. The zero-order valence-corrected chi connectivity index (χ0v) is 13.1. The average molecular weight is 304 g/mol. The second kappa shape index (κ2) is 6.37. The normalized spacial score (nSPS) is 22.5. The first kappa shape index (κ1) is 15.5. The van der Waals surface area contributed by atoms with Gasteiger partial charge in [0.05, 0.1) is 5.41 Å². The zero-order valence-electron chi connectivity index (χ0n) is 13.1. The van der Waals surface area contributed by atoms with Crippen LogP contribution in [0.4, 0.5) is 4.39 Å². The Hall–Kier alpha value is -1.42. The molecule has 1 heterocycles. The number of nitrogens with two attached hydrogens (primary N) is 1. The van der Waals surface area contributed by atoms with Gasteiger partial charge in [0, 0.05) is 19.1 Å². The standard InChI is InChI=1S/C18H25FN2O/c19-15-6-4-5-14(13-15)18(9-2-1-3-10-18)17(22)21-11-7-16(20)8-12-21/h4-6,13,16H,1-3,7-12,20H2. The third kappa shape index (κ3) is 2.89. The predicted octanol–water partition coefficient (Wildman–Crippen LogP) is 2.98. The number of hydrogen-bond acceptors (Lipinski definition) is 2. The number of carbonyl (C=O) groups is 1. The van der Waals surface area contributed by atoms with Crippen molar-refractivity contribution in [1.82, 2.24) is 4.90 Å². The summed E-state index contributed by atoms with van der Waals surface area (Å²) in [6.45, 7) is 1.47. The number of likely N-dealkylation sites (tertiary alicyclic amines) is 1. The second-order valence-corrected chi connectivity index (χ2v) is 6.78. The molecule has 0 spiro atoms. The van der Waals surface area contributed by atoms with Crippen LogP contribution in [0.3, 0.4) is 0 Å². The van der Waals surface area contributed by atoms with Gasteiger partial charge < -0.3 is 10.6 Å². The largest absolute Gasteiger partial charge is 0.342 e. The SMILES string of the molecule is NC1CCN(C(=O)C2(c3cccc(F)c3)CCCCC2)CC1. The molecule has 1 aliphatic carbocycles. The van der Waals surface area contributed by atoms with Gasteiger partial charge in [0.25, 0.3) is 0 Å². The minimum absolute atomic E-state index is 0.185. The molecule has 1 amide bonds. The van der Waals surface area contributed by atoms with Crippen LogP contribution in [0.2, 0.25) is 0 Å². The van der Waals surface area contributed by atoms with Crippen LogP contribution in [0.1, 0.15) is 50.5 Å². The molecular weight excluding hydrogens is 279 g/mol. The fraction of sp³-hybridized carbons (Fsp3) is 0.611. The number of piperidine rings is 1. The molecule has 120 valence electrons. The Morgan fingerprint density at radius 2 is 1.86 bits per heavy atom. The van der Waals surface area contributed by atoms with Gasteiger partial charge in [-0.15, -0.1) is 0 Å². The van der Waals surface area contributed by atoms with Crippen molar-refractivity contribution in [2.24, 2.45) is 5.73 Å². The Labute approximate surface area is 131 Å². The van der Waals surface area contributed by atoms with Crippen molar-refractivity contribution in [2.75, 3.05) is 13.1 Å². The highest BCUT2D eigenvalue weighted by Gasteiger charge is 2.44. The van der Waals surface area contributed by atoms with E-state index in [9.17, 15) is 9.18 Å². The Bertz CT molecular complexity index is 532. The molecular formula is C18H25FN2O. The van der Waals surface area contributed by atoms with Crippen molar-refractivity contribution in [3.05, 3.63) is 35.6 Å². The highest BCUT2D eigenvalue weighted by Crippen LogP contribution is 2.41. The summed E-state index contributed by atoms with van der Waals surface area (Å²) in [6.07, 6.45) is 6.63. The molecule has 3 rings (SSSR count). The van der Waals surface area contributed by atoms with Crippen LogP contribution in [0.5, 0.6) is 0 Å². The first-order valence-electron chi connectivity index (χ1n) is 8.43. The van der Waals surface area contributed by atoms with E-state index in [2.05, 4.69) is 0 Å². The molecule has 2 N–H and O–H groups in total. The van der Waals surface area contributed by atoms with Gasteiger partial charge in [0.15, 0.2) is 0 Å². The van der Waals surface area contributed by atoms with Crippen molar-refractivity contribution < 1.29 is 9.18 Å². The number of rotatable bonds is 2. The van der Waals surface area contributed by atoms with E-state index < -0.39 is 5.41 Å². The van der Waals surface area contributed by atoms with Crippen LogP contribution >= 0.6 is 0 Å². The van der Waals surface area contributed by atoms with Crippen molar-refractivity contribution in [3.8, 4) is 0 Å². The maximum Gasteiger partial charge on any atom is 0.233 e. The number of benzene rings is 1. The van der Waals surface area contributed by atoms with E-state index in [0.29, 0.717) is 0 Å². The van der Waals surface area contributed by atoms with Crippen molar-refractivity contribution >= 4 is 5.91 Å². The van der Waals surface area contributed by atoms with Gasteiger partial charge in [0.1, 0.15) is 5.82 Å². The second-order valence-electron chi connectivity index (χ2n) is 6.78. The summed E-state index contributed by atoms with van der Waals surface area (Å²) < 4.78 is 13.7. The lowest BCUT2D eigenvalue weighted by molar-refractivity contribution is -0.140. The summed E-state index contributed by atoms with van der Waals surface area (Å²) in [5, 5.41) is 0. The summed E-state index contributed by atoms with van der Waals surface area (Å²) in [7, 11) is 0. The smallest absolute Gasteiger partial charge is 0.233 e. The minimum atomic E-state index is -0.526. The van der Waals surface area contributed by atoms with E-state index in [1.54, 1.807) is 12.1 Å². The Kier molecular flexibility index (Phi) is 4.48. The number of hydrogen-bond donors (Lipinski definition) is 1. The lowest BCUT2D eigenvalue weighted by Gasteiger charge is -2.42. The molecule has 2 fully saturated rings. The van der Waals surface area contributed by atoms with Crippen LogP contribution in [0.15, 0.2) is 24.3 Å². The van der Waals surface area contributed by atoms with Gasteiger partial charge in [-0.05, 0) is 43.4 Å². The summed E-state index contributed by atoms with van der Waals surface area (Å²) in [5.41, 5.74) is 6.28. The molecule has 0 atom stereocenters. The lowest BCUT2D eigenvalue weighted by atomic mass is 9.68. The topological polar surface area (TPSA) is 46.3 Å².